The van der Waals surface area contributed by atoms with Crippen LogP contribution < -0.4 is 9.47 Å². The minimum atomic E-state index is -3.74. The Bertz CT molecular complexity index is 602. The lowest BCUT2D eigenvalue weighted by Gasteiger charge is -2.19. The van der Waals surface area contributed by atoms with Crippen LogP contribution in [0.25, 0.3) is 0 Å². The monoisotopic (exact) mass is 316 g/mol. The Hall–Kier alpha value is -1.25. The van der Waals surface area contributed by atoms with Gasteiger partial charge >= 0.3 is 0 Å². The Morgan fingerprint density at radius 2 is 2.00 bits per heavy atom. The number of ether oxygens (including phenoxy) is 2. The lowest BCUT2D eigenvalue weighted by Crippen LogP contribution is -2.35. The molecule has 6 nitrogen and oxygen atoms in total. The van der Waals surface area contributed by atoms with Gasteiger partial charge in [-0.2, -0.15) is 4.31 Å². The molecule has 1 radical (unpaired) electrons. The molecule has 109 valence electrons. The van der Waals surface area contributed by atoms with Crippen molar-refractivity contribution in [2.75, 3.05) is 26.5 Å². The van der Waals surface area contributed by atoms with Crippen molar-refractivity contribution in [2.24, 2.45) is 0 Å². The number of hydrogen-bond acceptors (Lipinski definition) is 6. The molecule has 1 atom stereocenters. The topological polar surface area (TPSA) is 72.9 Å². The molecule has 8 heteroatoms. The van der Waals surface area contributed by atoms with Crippen LogP contribution >= 0.6 is 11.8 Å². The van der Waals surface area contributed by atoms with Crippen LogP contribution in [0.15, 0.2) is 23.1 Å². The molecule has 0 unspecified atom stereocenters. The van der Waals surface area contributed by atoms with Gasteiger partial charge in [0.25, 0.3) is 0 Å². The molecule has 1 aromatic carbocycles. The zero-order valence-electron chi connectivity index (χ0n) is 11.0. The number of nitrogens with zero attached hydrogens (tertiary/aromatic N) is 1. The summed E-state index contributed by atoms with van der Waals surface area (Å²) in [6.45, 7) is 0.293. The van der Waals surface area contributed by atoms with Crippen molar-refractivity contribution in [3.63, 3.8) is 0 Å². The zero-order chi connectivity index (χ0) is 14.8. The Balaban J connectivity index is 2.41. The molecule has 20 heavy (non-hydrogen) atoms. The summed E-state index contributed by atoms with van der Waals surface area (Å²) in [5, 5.41) is -0.784. The molecule has 0 aliphatic carbocycles. The molecular weight excluding hydrogens is 302 g/mol. The Kier molecular flexibility index (Phi) is 4.56. The van der Waals surface area contributed by atoms with Crippen LogP contribution in [0.5, 0.6) is 11.5 Å². The molecule has 0 amide bonds. The van der Waals surface area contributed by atoms with Gasteiger partial charge in [0.2, 0.25) is 16.3 Å². The number of hydrogen-bond donors (Lipinski definition) is 0. The summed E-state index contributed by atoms with van der Waals surface area (Å²) in [5.74, 6) is 1.35. The Labute approximate surface area is 122 Å². The highest BCUT2D eigenvalue weighted by atomic mass is 32.2. The molecule has 0 spiro atoms. The van der Waals surface area contributed by atoms with Gasteiger partial charge < -0.3 is 9.47 Å². The molecule has 1 fully saturated rings. The van der Waals surface area contributed by atoms with E-state index < -0.39 is 15.4 Å². The standard InChI is InChI=1S/C12H14NO5S2/c1-17-10-4-3-9(7-11(10)18-2)20(15,16)13-5-6-19-12(13)8-14/h3-4,7,12H,5-6H2,1-2H3/t12-/m0/s1. The van der Waals surface area contributed by atoms with Gasteiger partial charge in [-0.15, -0.1) is 11.8 Å². The molecule has 0 aromatic heterocycles. The quantitative estimate of drug-likeness (QED) is 0.803. The summed E-state index contributed by atoms with van der Waals surface area (Å²) in [6, 6.07) is 4.34. The largest absolute Gasteiger partial charge is 0.493 e. The highest BCUT2D eigenvalue weighted by molar-refractivity contribution is 8.01. The maximum Gasteiger partial charge on any atom is 0.244 e. The molecule has 1 heterocycles. The van der Waals surface area contributed by atoms with E-state index in [0.717, 1.165) is 4.31 Å². The first-order valence-electron chi connectivity index (χ1n) is 5.77. The van der Waals surface area contributed by atoms with Crippen molar-refractivity contribution in [1.82, 2.24) is 4.31 Å². The van der Waals surface area contributed by atoms with Gasteiger partial charge in [-0.3, -0.25) is 4.79 Å². The average molecular weight is 316 g/mol. The van der Waals surface area contributed by atoms with E-state index in [1.165, 1.54) is 44.2 Å². The van der Waals surface area contributed by atoms with Crippen molar-refractivity contribution in [2.45, 2.75) is 10.3 Å². The SMILES string of the molecule is COc1ccc(S(=O)(=O)N2CCS[C@H]2[C]=O)cc1OC. The molecule has 1 aliphatic heterocycles. The summed E-state index contributed by atoms with van der Waals surface area (Å²) in [4.78, 5) is 10.9. The van der Waals surface area contributed by atoms with Gasteiger partial charge in [0.15, 0.2) is 11.5 Å². The van der Waals surface area contributed by atoms with Gasteiger partial charge in [0.1, 0.15) is 5.37 Å². The molecule has 1 aliphatic rings. The lowest BCUT2D eigenvalue weighted by molar-refractivity contribution is 0.353. The van der Waals surface area contributed by atoms with E-state index in [2.05, 4.69) is 0 Å². The third-order valence-electron chi connectivity index (χ3n) is 2.91. The minimum absolute atomic E-state index is 0.0675. The van der Waals surface area contributed by atoms with Crippen molar-refractivity contribution in [1.29, 1.82) is 0 Å². The number of carbonyl (C=O) groups excluding carboxylic acids is 1. The summed E-state index contributed by atoms with van der Waals surface area (Å²) >= 11 is 1.26. The van der Waals surface area contributed by atoms with Crippen molar-refractivity contribution >= 4 is 28.1 Å². The number of sulfonamides is 1. The first-order valence-corrected chi connectivity index (χ1v) is 8.26. The second kappa shape index (κ2) is 6.02. The second-order valence-corrected chi connectivity index (χ2v) is 7.05. The number of thioether (sulfide) groups is 1. The van der Waals surface area contributed by atoms with E-state index in [-0.39, 0.29) is 4.90 Å². The molecule has 2 rings (SSSR count). The van der Waals surface area contributed by atoms with Crippen molar-refractivity contribution in [3.8, 4) is 11.5 Å². The predicted molar refractivity (Wildman–Crippen MR) is 75.4 cm³/mol. The summed E-state index contributed by atoms with van der Waals surface area (Å²) < 4.78 is 36.3. The molecule has 1 saturated heterocycles. The van der Waals surface area contributed by atoms with Crippen LogP contribution in [-0.2, 0) is 14.8 Å². The highest BCUT2D eigenvalue weighted by Gasteiger charge is 2.36. The van der Waals surface area contributed by atoms with Crippen LogP contribution in [0.4, 0.5) is 0 Å². The Morgan fingerprint density at radius 3 is 2.60 bits per heavy atom. The number of rotatable bonds is 5. The van der Waals surface area contributed by atoms with Crippen molar-refractivity contribution in [3.05, 3.63) is 18.2 Å². The molecule has 0 N–H and O–H groups in total. The van der Waals surface area contributed by atoms with Gasteiger partial charge in [-0.1, -0.05) is 0 Å². The third kappa shape index (κ3) is 2.63. The van der Waals surface area contributed by atoms with Gasteiger partial charge in [0.05, 0.1) is 19.1 Å². The predicted octanol–water partition coefficient (Wildman–Crippen LogP) is 0.877. The summed E-state index contributed by atoms with van der Waals surface area (Å²) in [6.07, 6.45) is 1.74. The fourth-order valence-corrected chi connectivity index (χ4v) is 4.80. The zero-order valence-corrected chi connectivity index (χ0v) is 12.7. The minimum Gasteiger partial charge on any atom is -0.493 e. The van der Waals surface area contributed by atoms with E-state index in [1.54, 1.807) is 6.29 Å². The first-order chi connectivity index (χ1) is 9.54. The summed E-state index contributed by atoms with van der Waals surface area (Å²) in [5.41, 5.74) is 0. The van der Waals surface area contributed by atoms with Crippen LogP contribution in [0.2, 0.25) is 0 Å². The normalized spacial score (nSPS) is 19.8. The molecule has 0 bridgehead atoms. The van der Waals surface area contributed by atoms with E-state index in [0.29, 0.717) is 23.8 Å². The van der Waals surface area contributed by atoms with E-state index in [4.69, 9.17) is 9.47 Å². The fourth-order valence-electron chi connectivity index (χ4n) is 1.91. The van der Waals surface area contributed by atoms with Gasteiger partial charge in [-0.25, -0.2) is 8.42 Å². The molecule has 1 aromatic rings. The second-order valence-electron chi connectivity index (χ2n) is 3.97. The third-order valence-corrected chi connectivity index (χ3v) is 5.99. The maximum atomic E-state index is 12.5. The van der Waals surface area contributed by atoms with E-state index >= 15 is 0 Å². The Morgan fingerprint density at radius 1 is 1.30 bits per heavy atom. The number of benzene rings is 1. The maximum absolute atomic E-state index is 12.5. The van der Waals surface area contributed by atoms with Crippen LogP contribution in [0, 0.1) is 0 Å². The van der Waals surface area contributed by atoms with Crippen LogP contribution in [0.3, 0.4) is 0 Å². The number of methoxy groups -OCH3 is 2. The van der Waals surface area contributed by atoms with Crippen LogP contribution in [-0.4, -0.2) is 50.9 Å². The molecular formula is C12H14NO5S2. The summed E-state index contributed by atoms with van der Waals surface area (Å²) in [7, 11) is -0.838. The van der Waals surface area contributed by atoms with E-state index in [1.807, 2.05) is 0 Å². The fraction of sp³-hybridized carbons (Fsp3) is 0.417. The molecule has 0 saturated carbocycles. The van der Waals surface area contributed by atoms with Crippen molar-refractivity contribution < 1.29 is 22.7 Å². The smallest absolute Gasteiger partial charge is 0.244 e. The lowest BCUT2D eigenvalue weighted by atomic mass is 10.3. The average Bonchev–Trinajstić information content (AvgIpc) is 2.95. The van der Waals surface area contributed by atoms with Gasteiger partial charge in [0, 0.05) is 18.4 Å². The van der Waals surface area contributed by atoms with Gasteiger partial charge in [-0.05, 0) is 12.1 Å². The first kappa shape index (κ1) is 15.1. The highest BCUT2D eigenvalue weighted by Crippen LogP contribution is 2.33. The van der Waals surface area contributed by atoms with E-state index in [9.17, 15) is 13.2 Å². The van der Waals surface area contributed by atoms with Crippen LogP contribution in [0.1, 0.15) is 0 Å².